The quantitative estimate of drug-likeness (QED) is 0.523. The van der Waals surface area contributed by atoms with Gasteiger partial charge < -0.3 is 5.32 Å². The smallest absolute Gasteiger partial charge is 0.251 e. The highest BCUT2D eigenvalue weighted by molar-refractivity contribution is 6.02. The summed E-state index contributed by atoms with van der Waals surface area (Å²) in [4.78, 5) is 12.4. The SMILES string of the molecule is O=C(NCc1ccc(F)cc1)c1ccc2cc3ccccc3cc2c1. The average molecular weight is 329 g/mol. The van der Waals surface area contributed by atoms with Crippen molar-refractivity contribution in [3.8, 4) is 0 Å². The molecule has 0 heterocycles. The van der Waals surface area contributed by atoms with Crippen molar-refractivity contribution in [3.63, 3.8) is 0 Å². The number of halogens is 1. The van der Waals surface area contributed by atoms with E-state index in [0.717, 1.165) is 21.7 Å². The van der Waals surface area contributed by atoms with E-state index in [0.29, 0.717) is 12.1 Å². The third-order valence-electron chi connectivity index (χ3n) is 4.33. The summed E-state index contributed by atoms with van der Waals surface area (Å²) in [6, 6.07) is 24.2. The Bertz CT molecular complexity index is 1070. The molecule has 0 aromatic heterocycles. The van der Waals surface area contributed by atoms with Crippen LogP contribution in [0.1, 0.15) is 15.9 Å². The zero-order valence-electron chi connectivity index (χ0n) is 13.5. The van der Waals surface area contributed by atoms with E-state index in [9.17, 15) is 9.18 Å². The van der Waals surface area contributed by atoms with Gasteiger partial charge in [-0.1, -0.05) is 42.5 Å². The topological polar surface area (TPSA) is 29.1 Å². The number of hydrogen-bond donors (Lipinski definition) is 1. The van der Waals surface area contributed by atoms with Crippen LogP contribution in [0, 0.1) is 5.82 Å². The molecule has 4 aromatic rings. The molecule has 0 spiro atoms. The maximum atomic E-state index is 12.9. The Morgan fingerprint density at radius 2 is 1.40 bits per heavy atom. The molecule has 0 atom stereocenters. The average Bonchev–Trinajstić information content (AvgIpc) is 2.65. The highest BCUT2D eigenvalue weighted by atomic mass is 19.1. The number of rotatable bonds is 3. The fraction of sp³-hybridized carbons (Fsp3) is 0.0455. The lowest BCUT2D eigenvalue weighted by Gasteiger charge is -2.08. The summed E-state index contributed by atoms with van der Waals surface area (Å²) in [7, 11) is 0. The molecule has 1 amide bonds. The molecule has 25 heavy (non-hydrogen) atoms. The highest BCUT2D eigenvalue weighted by Gasteiger charge is 2.07. The molecule has 122 valence electrons. The zero-order valence-corrected chi connectivity index (χ0v) is 13.5. The Balaban J connectivity index is 1.58. The predicted molar refractivity (Wildman–Crippen MR) is 99.0 cm³/mol. The first-order valence-corrected chi connectivity index (χ1v) is 8.14. The van der Waals surface area contributed by atoms with Crippen molar-refractivity contribution >= 4 is 27.5 Å². The molecular formula is C22H16FNO. The van der Waals surface area contributed by atoms with Gasteiger partial charge in [-0.3, -0.25) is 4.79 Å². The first-order chi connectivity index (χ1) is 12.2. The van der Waals surface area contributed by atoms with Gasteiger partial charge in [0.1, 0.15) is 5.82 Å². The summed E-state index contributed by atoms with van der Waals surface area (Å²) in [5.74, 6) is -0.420. The molecule has 0 radical (unpaired) electrons. The Morgan fingerprint density at radius 1 is 0.760 bits per heavy atom. The predicted octanol–water partition coefficient (Wildman–Crippen LogP) is 5.06. The van der Waals surface area contributed by atoms with E-state index in [4.69, 9.17) is 0 Å². The van der Waals surface area contributed by atoms with Crippen LogP contribution in [-0.4, -0.2) is 5.91 Å². The lowest BCUT2D eigenvalue weighted by molar-refractivity contribution is 0.0951. The van der Waals surface area contributed by atoms with Gasteiger partial charge in [0.2, 0.25) is 0 Å². The van der Waals surface area contributed by atoms with E-state index in [1.807, 2.05) is 30.3 Å². The Kier molecular flexibility index (Phi) is 3.90. The molecule has 0 aliphatic carbocycles. The molecular weight excluding hydrogens is 313 g/mol. The molecule has 0 fully saturated rings. The van der Waals surface area contributed by atoms with Crippen molar-refractivity contribution in [1.82, 2.24) is 5.32 Å². The zero-order chi connectivity index (χ0) is 17.2. The van der Waals surface area contributed by atoms with E-state index < -0.39 is 0 Å². The van der Waals surface area contributed by atoms with Crippen LogP contribution in [-0.2, 0) is 6.54 Å². The molecule has 0 saturated heterocycles. The van der Waals surface area contributed by atoms with Crippen LogP contribution >= 0.6 is 0 Å². The van der Waals surface area contributed by atoms with Gasteiger partial charge in [-0.25, -0.2) is 4.39 Å². The Labute approximate surface area is 144 Å². The molecule has 4 rings (SSSR count). The minimum atomic E-state index is -0.281. The molecule has 0 bridgehead atoms. The van der Waals surface area contributed by atoms with Crippen LogP contribution in [0.15, 0.2) is 78.9 Å². The fourth-order valence-electron chi connectivity index (χ4n) is 2.97. The van der Waals surface area contributed by atoms with Crippen LogP contribution in [0.2, 0.25) is 0 Å². The lowest BCUT2D eigenvalue weighted by Crippen LogP contribution is -2.22. The van der Waals surface area contributed by atoms with Gasteiger partial charge in [-0.2, -0.15) is 0 Å². The second-order valence-corrected chi connectivity index (χ2v) is 6.07. The number of benzene rings is 4. The van der Waals surface area contributed by atoms with Crippen LogP contribution in [0.3, 0.4) is 0 Å². The summed E-state index contributed by atoms with van der Waals surface area (Å²) < 4.78 is 12.9. The largest absolute Gasteiger partial charge is 0.348 e. The van der Waals surface area contributed by atoms with Crippen molar-refractivity contribution < 1.29 is 9.18 Å². The van der Waals surface area contributed by atoms with Crippen molar-refractivity contribution in [2.75, 3.05) is 0 Å². The summed E-state index contributed by atoms with van der Waals surface area (Å²) in [5, 5.41) is 7.35. The second kappa shape index (κ2) is 6.36. The molecule has 1 N–H and O–H groups in total. The van der Waals surface area contributed by atoms with Crippen LogP contribution < -0.4 is 5.32 Å². The minimum Gasteiger partial charge on any atom is -0.348 e. The van der Waals surface area contributed by atoms with E-state index in [2.05, 4.69) is 29.6 Å². The van der Waals surface area contributed by atoms with E-state index in [1.165, 1.54) is 17.5 Å². The van der Waals surface area contributed by atoms with Gasteiger partial charge in [0.25, 0.3) is 5.91 Å². The van der Waals surface area contributed by atoms with E-state index in [-0.39, 0.29) is 11.7 Å². The first kappa shape index (κ1) is 15.3. The molecule has 0 saturated carbocycles. The van der Waals surface area contributed by atoms with Gasteiger partial charge in [0.15, 0.2) is 0 Å². The number of carbonyl (C=O) groups is 1. The number of carbonyl (C=O) groups excluding carboxylic acids is 1. The molecule has 0 aliphatic rings. The van der Waals surface area contributed by atoms with Crippen LogP contribution in [0.25, 0.3) is 21.5 Å². The van der Waals surface area contributed by atoms with Crippen molar-refractivity contribution in [3.05, 3.63) is 95.8 Å². The van der Waals surface area contributed by atoms with Gasteiger partial charge in [0.05, 0.1) is 0 Å². The molecule has 3 heteroatoms. The maximum absolute atomic E-state index is 12.9. The first-order valence-electron chi connectivity index (χ1n) is 8.14. The minimum absolute atomic E-state index is 0.139. The second-order valence-electron chi connectivity index (χ2n) is 6.07. The summed E-state index contributed by atoms with van der Waals surface area (Å²) in [5.41, 5.74) is 1.48. The molecule has 0 aliphatic heterocycles. The standard InChI is InChI=1S/C22H16FNO/c23-21-9-5-15(6-10-21)14-24-22(25)19-8-7-18-11-16-3-1-2-4-17(16)12-20(18)13-19/h1-13H,14H2,(H,24,25). The summed E-state index contributed by atoms with van der Waals surface area (Å²) >= 11 is 0. The molecule has 4 aromatic carbocycles. The van der Waals surface area contributed by atoms with Crippen LogP contribution in [0.4, 0.5) is 4.39 Å². The third-order valence-corrected chi connectivity index (χ3v) is 4.33. The number of nitrogens with one attached hydrogen (secondary N) is 1. The van der Waals surface area contributed by atoms with E-state index >= 15 is 0 Å². The highest BCUT2D eigenvalue weighted by Crippen LogP contribution is 2.23. The molecule has 2 nitrogen and oxygen atoms in total. The Hall–Kier alpha value is -3.20. The van der Waals surface area contributed by atoms with Crippen molar-refractivity contribution in [2.45, 2.75) is 6.54 Å². The van der Waals surface area contributed by atoms with Crippen LogP contribution in [0.5, 0.6) is 0 Å². The monoisotopic (exact) mass is 329 g/mol. The van der Waals surface area contributed by atoms with Crippen molar-refractivity contribution in [2.24, 2.45) is 0 Å². The lowest BCUT2D eigenvalue weighted by atomic mass is 10.0. The molecule has 0 unspecified atom stereocenters. The van der Waals surface area contributed by atoms with Gasteiger partial charge in [-0.05, 0) is 63.5 Å². The van der Waals surface area contributed by atoms with Gasteiger partial charge >= 0.3 is 0 Å². The maximum Gasteiger partial charge on any atom is 0.251 e. The third kappa shape index (κ3) is 3.22. The Morgan fingerprint density at radius 3 is 2.12 bits per heavy atom. The number of amides is 1. The van der Waals surface area contributed by atoms with Gasteiger partial charge in [-0.15, -0.1) is 0 Å². The van der Waals surface area contributed by atoms with Gasteiger partial charge in [0, 0.05) is 12.1 Å². The number of fused-ring (bicyclic) bond motifs is 2. The number of hydrogen-bond acceptors (Lipinski definition) is 1. The summed E-state index contributed by atoms with van der Waals surface area (Å²) in [6.45, 7) is 0.370. The van der Waals surface area contributed by atoms with E-state index in [1.54, 1.807) is 12.1 Å². The normalized spacial score (nSPS) is 10.9. The summed E-state index contributed by atoms with van der Waals surface area (Å²) in [6.07, 6.45) is 0. The van der Waals surface area contributed by atoms with Crippen molar-refractivity contribution in [1.29, 1.82) is 0 Å². The fourth-order valence-corrected chi connectivity index (χ4v) is 2.97.